The van der Waals surface area contributed by atoms with E-state index in [0.717, 1.165) is 27.4 Å². The molecule has 0 spiro atoms. The van der Waals surface area contributed by atoms with Crippen LogP contribution in [-0.2, 0) is 11.2 Å². The Morgan fingerprint density at radius 3 is 2.79 bits per heavy atom. The largest absolute Gasteiger partial charge is 0.396 e. The average Bonchev–Trinajstić information content (AvgIpc) is 2.60. The van der Waals surface area contributed by atoms with Crippen molar-refractivity contribution >= 4 is 29.5 Å². The van der Waals surface area contributed by atoms with Gasteiger partial charge in [-0.15, -0.1) is 11.3 Å². The minimum Gasteiger partial charge on any atom is -0.396 e. The second-order valence-corrected chi connectivity index (χ2v) is 6.76. The summed E-state index contributed by atoms with van der Waals surface area (Å²) in [5, 5.41) is 8.95. The number of carbonyl (C=O) groups is 1. The lowest BCUT2D eigenvalue weighted by atomic mass is 9.91. The lowest BCUT2D eigenvalue weighted by molar-refractivity contribution is -0.134. The van der Waals surface area contributed by atoms with Crippen molar-refractivity contribution in [2.24, 2.45) is 0 Å². The van der Waals surface area contributed by atoms with Crippen molar-refractivity contribution in [3.8, 4) is 0 Å². The van der Waals surface area contributed by atoms with E-state index in [1.54, 1.807) is 0 Å². The first-order valence-corrected chi connectivity index (χ1v) is 7.93. The van der Waals surface area contributed by atoms with Crippen molar-refractivity contribution in [3.05, 3.63) is 14.5 Å². The quantitative estimate of drug-likeness (QED) is 0.793. The molecule has 106 valence electrons. The maximum atomic E-state index is 12.4. The van der Waals surface area contributed by atoms with Crippen molar-refractivity contribution in [1.29, 1.82) is 0 Å². The minimum absolute atomic E-state index is 0.138. The third kappa shape index (κ3) is 3.64. The van der Waals surface area contributed by atoms with E-state index in [0.29, 0.717) is 25.4 Å². The molecule has 0 radical (unpaired) electrons. The maximum absolute atomic E-state index is 12.4. The van der Waals surface area contributed by atoms with Crippen LogP contribution in [0.2, 0.25) is 0 Å². The van der Waals surface area contributed by atoms with Gasteiger partial charge in [-0.2, -0.15) is 0 Å². The van der Waals surface area contributed by atoms with Crippen LogP contribution in [0.1, 0.15) is 36.3 Å². The van der Waals surface area contributed by atoms with Gasteiger partial charge in [0.15, 0.2) is 3.95 Å². The van der Waals surface area contributed by atoms with Crippen LogP contribution in [-0.4, -0.2) is 40.1 Å². The minimum atomic E-state index is 0.138. The van der Waals surface area contributed by atoms with Gasteiger partial charge in [0.2, 0.25) is 5.91 Å². The zero-order valence-corrected chi connectivity index (χ0v) is 12.8. The number of aromatic nitrogens is 1. The number of aromatic amines is 1. The van der Waals surface area contributed by atoms with E-state index in [1.165, 1.54) is 17.8 Å². The van der Waals surface area contributed by atoms with Gasteiger partial charge in [-0.25, -0.2) is 0 Å². The molecule has 1 saturated carbocycles. The van der Waals surface area contributed by atoms with E-state index in [1.807, 2.05) is 11.8 Å². The molecule has 2 N–H and O–H groups in total. The number of hydrogen-bond donors (Lipinski definition) is 2. The van der Waals surface area contributed by atoms with Gasteiger partial charge < -0.3 is 15.0 Å². The van der Waals surface area contributed by atoms with Gasteiger partial charge in [-0.1, -0.05) is 0 Å². The Morgan fingerprint density at radius 2 is 2.32 bits per heavy atom. The highest BCUT2D eigenvalue weighted by atomic mass is 32.1. The van der Waals surface area contributed by atoms with Gasteiger partial charge in [0, 0.05) is 29.8 Å². The molecular formula is C13H20N2O2S2. The monoisotopic (exact) mass is 300 g/mol. The topological polar surface area (TPSA) is 56.3 Å². The molecule has 4 nitrogen and oxygen atoms in total. The molecule has 1 aromatic rings. The van der Waals surface area contributed by atoms with Crippen LogP contribution in [0.3, 0.4) is 0 Å². The molecule has 0 saturated heterocycles. The summed E-state index contributed by atoms with van der Waals surface area (Å²) in [4.78, 5) is 18.5. The number of aryl methyl sites for hydroxylation is 1. The molecule has 0 aromatic carbocycles. The third-order valence-electron chi connectivity index (χ3n) is 3.63. The summed E-state index contributed by atoms with van der Waals surface area (Å²) in [5.74, 6) is 0.159. The van der Waals surface area contributed by atoms with E-state index in [4.69, 9.17) is 17.3 Å². The molecule has 1 aliphatic rings. The molecular weight excluding hydrogens is 280 g/mol. The van der Waals surface area contributed by atoms with Gasteiger partial charge in [0.25, 0.3) is 0 Å². The highest BCUT2D eigenvalue weighted by molar-refractivity contribution is 7.73. The molecule has 6 heteroatoms. The predicted molar refractivity (Wildman–Crippen MR) is 79.0 cm³/mol. The first kappa shape index (κ1) is 14.7. The third-order valence-corrected chi connectivity index (χ3v) is 4.96. The van der Waals surface area contributed by atoms with E-state index >= 15 is 0 Å². The van der Waals surface area contributed by atoms with Crippen LogP contribution in [0.5, 0.6) is 0 Å². The number of nitrogens with one attached hydrogen (secondary N) is 1. The molecule has 0 atom stereocenters. The van der Waals surface area contributed by atoms with Crippen LogP contribution in [0.15, 0.2) is 0 Å². The van der Waals surface area contributed by atoms with Crippen LogP contribution >= 0.6 is 23.6 Å². The van der Waals surface area contributed by atoms with E-state index in [9.17, 15) is 4.79 Å². The SMILES string of the molecule is Cc1[nH]c(=S)sc1CC(=O)N(CCCO)C1CCC1. The number of hydrogen-bond acceptors (Lipinski definition) is 4. The second kappa shape index (κ2) is 6.63. The zero-order chi connectivity index (χ0) is 13.8. The van der Waals surface area contributed by atoms with Crippen molar-refractivity contribution in [2.75, 3.05) is 13.2 Å². The first-order chi connectivity index (χ1) is 9.11. The van der Waals surface area contributed by atoms with Crippen molar-refractivity contribution in [1.82, 2.24) is 9.88 Å². The fraction of sp³-hybridized carbons (Fsp3) is 0.692. The summed E-state index contributed by atoms with van der Waals surface area (Å²) < 4.78 is 0.728. The van der Waals surface area contributed by atoms with Crippen molar-refractivity contribution in [2.45, 2.75) is 45.1 Å². The predicted octanol–water partition coefficient (Wildman–Crippen LogP) is 2.42. The molecule has 19 heavy (non-hydrogen) atoms. The van der Waals surface area contributed by atoms with E-state index in [-0.39, 0.29) is 12.5 Å². The summed E-state index contributed by atoms with van der Waals surface area (Å²) in [6.45, 7) is 2.75. The Balaban J connectivity index is 2.02. The van der Waals surface area contributed by atoms with Crippen LogP contribution in [0, 0.1) is 10.9 Å². The van der Waals surface area contributed by atoms with E-state index < -0.39 is 0 Å². The maximum Gasteiger partial charge on any atom is 0.228 e. The van der Waals surface area contributed by atoms with Crippen LogP contribution < -0.4 is 0 Å². The Kier molecular flexibility index (Phi) is 5.13. The average molecular weight is 300 g/mol. The number of amides is 1. The lowest BCUT2D eigenvalue weighted by Crippen LogP contribution is -2.45. The standard InChI is InChI=1S/C13H20N2O2S2/c1-9-11(19-13(18)14-9)8-12(17)15(6-3-7-16)10-4-2-5-10/h10,16H,2-8H2,1H3,(H,14,18). The molecule has 0 bridgehead atoms. The fourth-order valence-electron chi connectivity index (χ4n) is 2.29. The molecule has 0 aliphatic heterocycles. The second-order valence-electron chi connectivity index (χ2n) is 4.99. The lowest BCUT2D eigenvalue weighted by Gasteiger charge is -2.37. The van der Waals surface area contributed by atoms with Crippen molar-refractivity contribution in [3.63, 3.8) is 0 Å². The summed E-state index contributed by atoms with van der Waals surface area (Å²) in [6.07, 6.45) is 4.48. The Morgan fingerprint density at radius 1 is 1.58 bits per heavy atom. The number of thiazole rings is 1. The molecule has 0 unspecified atom stereocenters. The molecule has 2 rings (SSSR count). The molecule has 1 heterocycles. The summed E-state index contributed by atoms with van der Waals surface area (Å²) in [6, 6.07) is 0.381. The first-order valence-electron chi connectivity index (χ1n) is 6.70. The van der Waals surface area contributed by atoms with Crippen molar-refractivity contribution < 1.29 is 9.90 Å². The fourth-order valence-corrected chi connectivity index (χ4v) is 3.58. The summed E-state index contributed by atoms with van der Waals surface area (Å²) in [7, 11) is 0. The smallest absolute Gasteiger partial charge is 0.228 e. The summed E-state index contributed by atoms with van der Waals surface area (Å²) >= 11 is 6.58. The molecule has 1 aliphatic carbocycles. The number of H-pyrrole nitrogens is 1. The normalized spacial score (nSPS) is 15.3. The molecule has 1 fully saturated rings. The van der Waals surface area contributed by atoms with Gasteiger partial charge >= 0.3 is 0 Å². The number of aliphatic hydroxyl groups excluding tert-OH is 1. The van der Waals surface area contributed by atoms with Gasteiger partial charge in [-0.3, -0.25) is 4.79 Å². The molecule has 1 amide bonds. The van der Waals surface area contributed by atoms with Gasteiger partial charge in [0.1, 0.15) is 0 Å². The Hall–Kier alpha value is -0.720. The Labute approximate surface area is 122 Å². The molecule has 1 aromatic heterocycles. The zero-order valence-electron chi connectivity index (χ0n) is 11.1. The highest BCUT2D eigenvalue weighted by Gasteiger charge is 2.28. The Bertz CT molecular complexity index is 491. The number of nitrogens with zero attached hydrogens (tertiary/aromatic N) is 1. The number of aliphatic hydroxyl groups is 1. The van der Waals surface area contributed by atoms with Crippen LogP contribution in [0.25, 0.3) is 0 Å². The highest BCUT2D eigenvalue weighted by Crippen LogP contribution is 2.26. The number of carbonyl (C=O) groups excluding carboxylic acids is 1. The van der Waals surface area contributed by atoms with E-state index in [2.05, 4.69) is 4.98 Å². The number of rotatable bonds is 6. The summed E-state index contributed by atoms with van der Waals surface area (Å²) in [5.41, 5.74) is 0.999. The van der Waals surface area contributed by atoms with Gasteiger partial charge in [0.05, 0.1) is 6.42 Å². The van der Waals surface area contributed by atoms with Crippen LogP contribution in [0.4, 0.5) is 0 Å². The van der Waals surface area contributed by atoms with Gasteiger partial charge in [-0.05, 0) is 44.8 Å².